The lowest BCUT2D eigenvalue weighted by Crippen LogP contribution is -2.41. The molecule has 1 aromatic heterocycles. The first-order valence-corrected chi connectivity index (χ1v) is 10.6. The number of rotatable bonds is 4. The maximum atomic E-state index is 14.0. The van der Waals surface area contributed by atoms with Crippen LogP contribution in [0.3, 0.4) is 0 Å². The molecule has 5 nitrogen and oxygen atoms in total. The largest absolute Gasteiger partial charge is 0.481 e. The summed E-state index contributed by atoms with van der Waals surface area (Å²) in [7, 11) is 0. The van der Waals surface area contributed by atoms with Crippen LogP contribution in [0.15, 0.2) is 39.7 Å². The molecular weight excluding hydrogens is 474 g/mol. The predicted octanol–water partition coefficient (Wildman–Crippen LogP) is 4.82. The third kappa shape index (κ3) is 3.40. The molecule has 1 aliphatic rings. The van der Waals surface area contributed by atoms with E-state index in [1.807, 2.05) is 6.07 Å². The number of nitrogens with zero attached hydrogens (tertiary/aromatic N) is 2. The summed E-state index contributed by atoms with van der Waals surface area (Å²) in [5, 5.41) is 8.79. The van der Waals surface area contributed by atoms with Crippen LogP contribution in [0.5, 0.6) is 0 Å². The van der Waals surface area contributed by atoms with E-state index < -0.39 is 22.9 Å². The minimum Gasteiger partial charge on any atom is -0.481 e. The molecule has 0 aliphatic carbocycles. The Balaban J connectivity index is 1.75. The summed E-state index contributed by atoms with van der Waals surface area (Å²) in [5.74, 6) is -3.43. The topological polar surface area (TPSA) is 70.5 Å². The minimum absolute atomic E-state index is 0.0410. The first-order chi connectivity index (χ1) is 13.3. The molecule has 1 N–H and O–H groups in total. The Hall–Kier alpha value is -2.04. The average molecular weight is 485 g/mol. The monoisotopic (exact) mass is 484 g/mol. The van der Waals surface area contributed by atoms with Crippen molar-refractivity contribution in [2.75, 3.05) is 4.90 Å². The van der Waals surface area contributed by atoms with Crippen molar-refractivity contribution in [2.45, 2.75) is 23.1 Å². The van der Waals surface area contributed by atoms with Crippen LogP contribution in [-0.4, -0.2) is 27.2 Å². The van der Waals surface area contributed by atoms with Gasteiger partial charge in [0.05, 0.1) is 28.6 Å². The lowest BCUT2D eigenvalue weighted by Gasteiger charge is -2.33. The number of aromatic nitrogens is 1. The maximum absolute atomic E-state index is 14.0. The highest BCUT2D eigenvalue weighted by atomic mass is 79.9. The van der Waals surface area contributed by atoms with E-state index in [4.69, 9.17) is 5.11 Å². The molecule has 2 aromatic carbocycles. The number of fused-ring (bicyclic) bond motifs is 2. The second-order valence-corrected chi connectivity index (χ2v) is 9.22. The molecule has 4 rings (SSSR count). The molecule has 0 fully saturated rings. The maximum Gasteiger partial charge on any atom is 0.305 e. The highest BCUT2D eigenvalue weighted by molar-refractivity contribution is 9.10. The van der Waals surface area contributed by atoms with E-state index in [9.17, 15) is 18.4 Å². The van der Waals surface area contributed by atoms with Gasteiger partial charge in [-0.3, -0.25) is 9.59 Å². The molecule has 1 unspecified atom stereocenters. The van der Waals surface area contributed by atoms with E-state index in [2.05, 4.69) is 20.9 Å². The molecule has 0 spiro atoms. The van der Waals surface area contributed by atoms with E-state index in [-0.39, 0.29) is 24.4 Å². The first kappa shape index (κ1) is 19.3. The predicted molar refractivity (Wildman–Crippen MR) is 107 cm³/mol. The van der Waals surface area contributed by atoms with Crippen molar-refractivity contribution >= 4 is 66.8 Å². The summed E-state index contributed by atoms with van der Waals surface area (Å²) in [4.78, 5) is 30.5. The van der Waals surface area contributed by atoms with Crippen molar-refractivity contribution in [3.63, 3.8) is 0 Å². The van der Waals surface area contributed by atoms with Crippen molar-refractivity contribution in [3.05, 3.63) is 51.4 Å². The van der Waals surface area contributed by atoms with Gasteiger partial charge >= 0.3 is 5.97 Å². The Morgan fingerprint density at radius 3 is 2.82 bits per heavy atom. The molecule has 0 saturated heterocycles. The van der Waals surface area contributed by atoms with Crippen LogP contribution in [0.1, 0.15) is 11.4 Å². The molecule has 1 amide bonds. The summed E-state index contributed by atoms with van der Waals surface area (Å²) in [6, 6.07) is 7.83. The molecule has 0 saturated carbocycles. The van der Waals surface area contributed by atoms with E-state index >= 15 is 0 Å². The number of anilines is 1. The van der Waals surface area contributed by atoms with E-state index in [0.29, 0.717) is 15.4 Å². The molecule has 28 heavy (non-hydrogen) atoms. The lowest BCUT2D eigenvalue weighted by atomic mass is 10.2. The van der Waals surface area contributed by atoms with Gasteiger partial charge < -0.3 is 10.0 Å². The molecule has 0 radical (unpaired) electrons. The highest BCUT2D eigenvalue weighted by Gasteiger charge is 2.36. The molecule has 1 atom stereocenters. The Morgan fingerprint density at radius 2 is 2.07 bits per heavy atom. The van der Waals surface area contributed by atoms with Gasteiger partial charge in [0.1, 0.15) is 10.5 Å². The SMILES string of the molecule is O=C(O)CC1Sc2c(Br)cccc2N(Cc2nc3c(F)c(F)ccc3s2)C1=O. The fourth-order valence-electron chi connectivity index (χ4n) is 2.95. The van der Waals surface area contributed by atoms with Crippen molar-refractivity contribution in [1.29, 1.82) is 0 Å². The quantitative estimate of drug-likeness (QED) is 0.574. The van der Waals surface area contributed by atoms with Crippen molar-refractivity contribution in [1.82, 2.24) is 4.98 Å². The molecule has 10 heteroatoms. The number of halogens is 3. The number of aliphatic carboxylic acids is 1. The van der Waals surface area contributed by atoms with E-state index in [1.54, 1.807) is 12.1 Å². The summed E-state index contributed by atoms with van der Waals surface area (Å²) in [6.07, 6.45) is -0.319. The van der Waals surface area contributed by atoms with Gasteiger partial charge in [-0.25, -0.2) is 13.8 Å². The molecular formula is C18H11BrF2N2O3S2. The first-order valence-electron chi connectivity index (χ1n) is 8.07. The minimum atomic E-state index is -1.07. The second-order valence-electron chi connectivity index (χ2n) is 6.03. The van der Waals surface area contributed by atoms with Gasteiger partial charge in [-0.15, -0.1) is 23.1 Å². The fraction of sp³-hybridized carbons (Fsp3) is 0.167. The van der Waals surface area contributed by atoms with Crippen molar-refractivity contribution in [2.24, 2.45) is 0 Å². The Bertz CT molecular complexity index is 1120. The summed E-state index contributed by atoms with van der Waals surface area (Å²) in [6.45, 7) is 0.0410. The number of hydrogen-bond acceptors (Lipinski definition) is 5. The standard InChI is InChI=1S/C18H11BrF2N2O3S2/c19-8-2-1-3-10-17(8)28-12(6-14(24)25)18(26)23(10)7-13-22-16-11(27-13)5-4-9(20)15(16)21/h1-5,12H,6-7H2,(H,24,25). The number of carboxylic acid groups (broad SMARTS) is 1. The number of hydrogen-bond donors (Lipinski definition) is 1. The normalized spacial score (nSPS) is 16.5. The van der Waals surface area contributed by atoms with Gasteiger partial charge in [0.15, 0.2) is 11.6 Å². The van der Waals surface area contributed by atoms with Gasteiger partial charge in [-0.2, -0.15) is 0 Å². The molecule has 3 aromatic rings. The van der Waals surface area contributed by atoms with Crippen molar-refractivity contribution in [3.8, 4) is 0 Å². The highest BCUT2D eigenvalue weighted by Crippen LogP contribution is 2.45. The van der Waals surface area contributed by atoms with Gasteiger partial charge in [-0.1, -0.05) is 6.07 Å². The van der Waals surface area contributed by atoms with Crippen molar-refractivity contribution < 1.29 is 23.5 Å². The van der Waals surface area contributed by atoms with Crippen LogP contribution >= 0.6 is 39.0 Å². The van der Waals surface area contributed by atoms with Crippen LogP contribution in [0.2, 0.25) is 0 Å². The molecule has 2 heterocycles. The fourth-order valence-corrected chi connectivity index (χ4v) is 5.76. The number of thiazole rings is 1. The summed E-state index contributed by atoms with van der Waals surface area (Å²) >= 11 is 5.81. The third-order valence-electron chi connectivity index (χ3n) is 4.19. The number of carbonyl (C=O) groups is 2. The van der Waals surface area contributed by atoms with Gasteiger partial charge in [-0.05, 0) is 40.2 Å². The third-order valence-corrected chi connectivity index (χ3v) is 7.43. The Labute approximate surface area is 174 Å². The van der Waals surface area contributed by atoms with Crippen LogP contribution in [0, 0.1) is 11.6 Å². The zero-order valence-corrected chi connectivity index (χ0v) is 17.2. The Morgan fingerprint density at radius 1 is 1.29 bits per heavy atom. The number of carboxylic acids is 1. The van der Waals surface area contributed by atoms with Gasteiger partial charge in [0.2, 0.25) is 5.91 Å². The summed E-state index contributed by atoms with van der Waals surface area (Å²) in [5.41, 5.74) is 0.548. The zero-order chi connectivity index (χ0) is 20.0. The number of amides is 1. The zero-order valence-electron chi connectivity index (χ0n) is 14.0. The number of thioether (sulfide) groups is 1. The Kier molecular flexibility index (Phi) is 5.11. The van der Waals surface area contributed by atoms with Crippen LogP contribution in [-0.2, 0) is 16.1 Å². The number of carbonyl (C=O) groups excluding carboxylic acids is 1. The van der Waals surface area contributed by atoms with E-state index in [0.717, 1.165) is 26.8 Å². The van der Waals surface area contributed by atoms with Gasteiger partial charge in [0.25, 0.3) is 0 Å². The molecule has 1 aliphatic heterocycles. The van der Waals surface area contributed by atoms with Crippen LogP contribution in [0.4, 0.5) is 14.5 Å². The summed E-state index contributed by atoms with van der Waals surface area (Å²) < 4.78 is 28.7. The average Bonchev–Trinajstić information content (AvgIpc) is 3.06. The number of benzene rings is 2. The molecule has 144 valence electrons. The van der Waals surface area contributed by atoms with Crippen LogP contribution < -0.4 is 4.90 Å². The second kappa shape index (κ2) is 7.41. The lowest BCUT2D eigenvalue weighted by molar-refractivity contribution is -0.138. The van der Waals surface area contributed by atoms with E-state index in [1.165, 1.54) is 22.7 Å². The smallest absolute Gasteiger partial charge is 0.305 e. The molecule has 0 bridgehead atoms. The van der Waals surface area contributed by atoms with Gasteiger partial charge in [0, 0.05) is 9.37 Å². The van der Waals surface area contributed by atoms with Crippen LogP contribution in [0.25, 0.3) is 10.2 Å².